The van der Waals surface area contributed by atoms with E-state index >= 15 is 0 Å². The minimum atomic E-state index is 0.237. The quantitative estimate of drug-likeness (QED) is 0.784. The Bertz CT molecular complexity index is 342. The van der Waals surface area contributed by atoms with Gasteiger partial charge in [0.05, 0.1) is 12.8 Å². The summed E-state index contributed by atoms with van der Waals surface area (Å²) in [4.78, 5) is 6.75. The topological polar surface area (TPSA) is 45.6 Å². The third kappa shape index (κ3) is 4.71. The van der Waals surface area contributed by atoms with Crippen LogP contribution in [0.3, 0.4) is 0 Å². The minimum Gasteiger partial charge on any atom is -0.497 e. The molecule has 0 bridgehead atoms. The SMILES string of the molecule is CCN(CCCO)Cc1cc(OC)cc(C)n1. The zero-order valence-electron chi connectivity index (χ0n) is 10.9. The summed E-state index contributed by atoms with van der Waals surface area (Å²) in [6.07, 6.45) is 0.802. The fraction of sp³-hybridized carbons (Fsp3) is 0.615. The molecule has 17 heavy (non-hydrogen) atoms. The predicted octanol–water partition coefficient (Wildman–Crippen LogP) is 1.60. The molecule has 1 aromatic rings. The average molecular weight is 238 g/mol. The zero-order valence-corrected chi connectivity index (χ0v) is 10.9. The van der Waals surface area contributed by atoms with E-state index in [9.17, 15) is 0 Å². The first-order valence-electron chi connectivity index (χ1n) is 6.04. The summed E-state index contributed by atoms with van der Waals surface area (Å²) in [6.45, 7) is 6.97. The molecule has 0 aliphatic carbocycles. The lowest BCUT2D eigenvalue weighted by Gasteiger charge is -2.19. The summed E-state index contributed by atoms with van der Waals surface area (Å²) in [5.41, 5.74) is 1.99. The second kappa shape index (κ2) is 7.25. The van der Waals surface area contributed by atoms with Crippen molar-refractivity contribution in [2.24, 2.45) is 0 Å². The van der Waals surface area contributed by atoms with Crippen molar-refractivity contribution >= 4 is 0 Å². The Balaban J connectivity index is 2.68. The number of hydrogen-bond acceptors (Lipinski definition) is 4. The van der Waals surface area contributed by atoms with Crippen molar-refractivity contribution in [2.45, 2.75) is 26.8 Å². The Morgan fingerprint density at radius 2 is 2.18 bits per heavy atom. The molecule has 1 N–H and O–H groups in total. The number of nitrogens with zero attached hydrogens (tertiary/aromatic N) is 2. The first kappa shape index (κ1) is 13.9. The molecule has 0 aliphatic heterocycles. The highest BCUT2D eigenvalue weighted by atomic mass is 16.5. The Labute approximate surface area is 103 Å². The van der Waals surface area contributed by atoms with Crippen LogP contribution in [0, 0.1) is 6.92 Å². The smallest absolute Gasteiger partial charge is 0.122 e. The van der Waals surface area contributed by atoms with Gasteiger partial charge in [-0.15, -0.1) is 0 Å². The molecular formula is C13H22N2O2. The summed E-state index contributed by atoms with van der Waals surface area (Å²) in [6, 6.07) is 3.89. The van der Waals surface area contributed by atoms with E-state index < -0.39 is 0 Å². The average Bonchev–Trinajstić information content (AvgIpc) is 2.33. The lowest BCUT2D eigenvalue weighted by atomic mass is 10.2. The molecule has 0 unspecified atom stereocenters. The highest BCUT2D eigenvalue weighted by Gasteiger charge is 2.06. The molecule has 0 saturated carbocycles. The Morgan fingerprint density at radius 3 is 2.76 bits per heavy atom. The summed E-state index contributed by atoms with van der Waals surface area (Å²) in [7, 11) is 1.67. The maximum absolute atomic E-state index is 8.84. The van der Waals surface area contributed by atoms with Crippen LogP contribution in [0.25, 0.3) is 0 Å². The number of hydrogen-bond donors (Lipinski definition) is 1. The van der Waals surface area contributed by atoms with E-state index in [1.807, 2.05) is 19.1 Å². The third-order valence-electron chi connectivity index (χ3n) is 2.68. The van der Waals surface area contributed by atoms with Gasteiger partial charge in [0.2, 0.25) is 0 Å². The molecular weight excluding hydrogens is 216 g/mol. The molecule has 1 aromatic heterocycles. The first-order valence-corrected chi connectivity index (χ1v) is 6.04. The largest absolute Gasteiger partial charge is 0.497 e. The molecule has 96 valence electrons. The monoisotopic (exact) mass is 238 g/mol. The van der Waals surface area contributed by atoms with E-state index in [2.05, 4.69) is 16.8 Å². The van der Waals surface area contributed by atoms with Crippen molar-refractivity contribution in [3.05, 3.63) is 23.5 Å². The molecule has 4 nitrogen and oxygen atoms in total. The van der Waals surface area contributed by atoms with E-state index in [4.69, 9.17) is 9.84 Å². The molecule has 0 fully saturated rings. The number of pyridine rings is 1. The predicted molar refractivity (Wildman–Crippen MR) is 68.2 cm³/mol. The van der Waals surface area contributed by atoms with E-state index in [-0.39, 0.29) is 6.61 Å². The van der Waals surface area contributed by atoms with Gasteiger partial charge in [-0.1, -0.05) is 6.92 Å². The number of aryl methyl sites for hydroxylation is 1. The Kier molecular flexibility index (Phi) is 5.94. The maximum atomic E-state index is 8.84. The summed E-state index contributed by atoms with van der Waals surface area (Å²) in [5, 5.41) is 8.84. The van der Waals surface area contributed by atoms with Crippen LogP contribution in [0.15, 0.2) is 12.1 Å². The number of aliphatic hydroxyl groups excluding tert-OH is 1. The normalized spacial score (nSPS) is 10.9. The molecule has 0 aliphatic rings. The van der Waals surface area contributed by atoms with Gasteiger partial charge in [-0.25, -0.2) is 0 Å². The molecule has 1 rings (SSSR count). The van der Waals surface area contributed by atoms with Crippen LogP contribution in [0.4, 0.5) is 0 Å². The van der Waals surface area contributed by atoms with Gasteiger partial charge in [0.1, 0.15) is 5.75 Å². The van der Waals surface area contributed by atoms with Crippen molar-refractivity contribution in [1.82, 2.24) is 9.88 Å². The van der Waals surface area contributed by atoms with Crippen molar-refractivity contribution in [3.8, 4) is 5.75 Å². The second-order valence-electron chi connectivity index (χ2n) is 4.09. The van der Waals surface area contributed by atoms with Gasteiger partial charge < -0.3 is 9.84 Å². The van der Waals surface area contributed by atoms with Crippen LogP contribution < -0.4 is 4.74 Å². The molecule has 0 saturated heterocycles. The fourth-order valence-corrected chi connectivity index (χ4v) is 1.77. The number of aliphatic hydroxyl groups is 1. The Morgan fingerprint density at radius 1 is 1.41 bits per heavy atom. The minimum absolute atomic E-state index is 0.237. The number of aromatic nitrogens is 1. The van der Waals surface area contributed by atoms with Crippen LogP contribution >= 0.6 is 0 Å². The zero-order chi connectivity index (χ0) is 12.7. The maximum Gasteiger partial charge on any atom is 0.122 e. The third-order valence-corrected chi connectivity index (χ3v) is 2.68. The highest BCUT2D eigenvalue weighted by Crippen LogP contribution is 2.14. The Hall–Kier alpha value is -1.13. The molecule has 0 aromatic carbocycles. The standard InChI is InChI=1S/C13H22N2O2/c1-4-15(6-5-7-16)10-12-9-13(17-3)8-11(2)14-12/h8-9,16H,4-7,10H2,1-3H3. The van der Waals surface area contributed by atoms with Gasteiger partial charge in [0.25, 0.3) is 0 Å². The van der Waals surface area contributed by atoms with Crippen LogP contribution in [0.2, 0.25) is 0 Å². The van der Waals surface area contributed by atoms with Gasteiger partial charge in [-0.05, 0) is 19.9 Å². The van der Waals surface area contributed by atoms with Crippen molar-refractivity contribution < 1.29 is 9.84 Å². The summed E-state index contributed by atoms with van der Waals surface area (Å²) in [5.74, 6) is 0.853. The molecule has 0 spiro atoms. The number of methoxy groups -OCH3 is 1. The van der Waals surface area contributed by atoms with Crippen molar-refractivity contribution in [1.29, 1.82) is 0 Å². The lowest BCUT2D eigenvalue weighted by molar-refractivity contribution is 0.223. The van der Waals surface area contributed by atoms with Crippen molar-refractivity contribution in [3.63, 3.8) is 0 Å². The van der Waals surface area contributed by atoms with Crippen LogP contribution in [-0.4, -0.2) is 41.8 Å². The van der Waals surface area contributed by atoms with Gasteiger partial charge in [0, 0.05) is 37.5 Å². The van der Waals surface area contributed by atoms with E-state index in [1.54, 1.807) is 7.11 Å². The fourth-order valence-electron chi connectivity index (χ4n) is 1.77. The van der Waals surface area contributed by atoms with Gasteiger partial charge in [0.15, 0.2) is 0 Å². The molecule has 0 atom stereocenters. The van der Waals surface area contributed by atoms with Crippen LogP contribution in [0.5, 0.6) is 5.75 Å². The summed E-state index contributed by atoms with van der Waals surface area (Å²) < 4.78 is 5.23. The van der Waals surface area contributed by atoms with Crippen molar-refractivity contribution in [2.75, 3.05) is 26.8 Å². The number of ether oxygens (including phenoxy) is 1. The van der Waals surface area contributed by atoms with Crippen LogP contribution in [0.1, 0.15) is 24.7 Å². The van der Waals surface area contributed by atoms with Gasteiger partial charge >= 0.3 is 0 Å². The summed E-state index contributed by atoms with van der Waals surface area (Å²) >= 11 is 0. The van der Waals surface area contributed by atoms with E-state index in [0.717, 1.165) is 43.2 Å². The second-order valence-corrected chi connectivity index (χ2v) is 4.09. The van der Waals surface area contributed by atoms with Gasteiger partial charge in [-0.2, -0.15) is 0 Å². The lowest BCUT2D eigenvalue weighted by Crippen LogP contribution is -2.25. The number of rotatable bonds is 7. The van der Waals surface area contributed by atoms with Gasteiger partial charge in [-0.3, -0.25) is 9.88 Å². The van der Waals surface area contributed by atoms with E-state index in [0.29, 0.717) is 0 Å². The first-order chi connectivity index (χ1) is 8.19. The molecule has 1 heterocycles. The van der Waals surface area contributed by atoms with E-state index in [1.165, 1.54) is 0 Å². The molecule has 0 radical (unpaired) electrons. The molecule has 0 amide bonds. The van der Waals surface area contributed by atoms with Crippen LogP contribution in [-0.2, 0) is 6.54 Å². The molecule has 4 heteroatoms. The highest BCUT2D eigenvalue weighted by molar-refractivity contribution is 5.26.